The van der Waals surface area contributed by atoms with Crippen LogP contribution in [0.2, 0.25) is 0 Å². The number of aryl methyl sites for hydroxylation is 1. The molecule has 132 valence electrons. The molecule has 0 radical (unpaired) electrons. The Morgan fingerprint density at radius 2 is 2.15 bits per heavy atom. The first kappa shape index (κ1) is 16.3. The average molecular weight is 349 g/mol. The molecule has 1 unspecified atom stereocenters. The molecule has 0 aliphatic heterocycles. The number of fused-ring (bicyclic) bond motifs is 1. The van der Waals surface area contributed by atoms with Crippen molar-refractivity contribution in [2.45, 2.75) is 25.9 Å². The number of aliphatic carboxylic acids is 1. The second-order valence-electron chi connectivity index (χ2n) is 6.52. The molecule has 0 bridgehead atoms. The van der Waals surface area contributed by atoms with E-state index in [0.29, 0.717) is 25.2 Å². The van der Waals surface area contributed by atoms with Crippen molar-refractivity contribution in [1.29, 1.82) is 0 Å². The van der Waals surface area contributed by atoms with Gasteiger partial charge in [-0.15, -0.1) is 0 Å². The Morgan fingerprint density at radius 1 is 1.23 bits per heavy atom. The number of carboxylic acids is 1. The van der Waals surface area contributed by atoms with E-state index >= 15 is 0 Å². The summed E-state index contributed by atoms with van der Waals surface area (Å²) in [6.45, 7) is 0.427. The van der Waals surface area contributed by atoms with E-state index < -0.39 is 5.97 Å². The standard InChI is InChI=1S/C20H19N3O3/c24-20(25)15-4-3-14-2-1-13(9-16(14)10-15)12-26-17-5-6-18(21-11-17)19-7-8-22-23-19/h1-2,5-9,11,15H,3-4,10,12H2,(H,22,23)(H,24,25). The van der Waals surface area contributed by atoms with Gasteiger partial charge in [0.2, 0.25) is 0 Å². The highest BCUT2D eigenvalue weighted by Gasteiger charge is 2.24. The van der Waals surface area contributed by atoms with Gasteiger partial charge in [0, 0.05) is 6.20 Å². The molecule has 26 heavy (non-hydrogen) atoms. The van der Waals surface area contributed by atoms with Crippen LogP contribution < -0.4 is 4.74 Å². The molecule has 2 aromatic heterocycles. The summed E-state index contributed by atoms with van der Waals surface area (Å²) >= 11 is 0. The summed E-state index contributed by atoms with van der Waals surface area (Å²) in [4.78, 5) is 15.6. The minimum atomic E-state index is -0.708. The molecule has 0 amide bonds. The topological polar surface area (TPSA) is 88.1 Å². The third kappa shape index (κ3) is 3.44. The molecule has 1 atom stereocenters. The zero-order chi connectivity index (χ0) is 17.9. The number of pyridine rings is 1. The zero-order valence-corrected chi connectivity index (χ0v) is 14.2. The maximum Gasteiger partial charge on any atom is 0.306 e. The van der Waals surface area contributed by atoms with Gasteiger partial charge in [-0.2, -0.15) is 5.10 Å². The lowest BCUT2D eigenvalue weighted by atomic mass is 9.83. The first-order valence-electron chi connectivity index (χ1n) is 8.61. The Bertz CT molecular complexity index is 905. The Balaban J connectivity index is 1.42. The van der Waals surface area contributed by atoms with Crippen LogP contribution in [0.25, 0.3) is 11.4 Å². The summed E-state index contributed by atoms with van der Waals surface area (Å²) in [6.07, 6.45) is 5.51. The Kier molecular flexibility index (Phi) is 4.39. The summed E-state index contributed by atoms with van der Waals surface area (Å²) in [5.74, 6) is -0.298. The van der Waals surface area contributed by atoms with Gasteiger partial charge in [-0.1, -0.05) is 18.2 Å². The number of aromatic amines is 1. The van der Waals surface area contributed by atoms with Crippen molar-refractivity contribution in [3.8, 4) is 17.1 Å². The van der Waals surface area contributed by atoms with E-state index in [2.05, 4.69) is 27.3 Å². The van der Waals surface area contributed by atoms with Gasteiger partial charge in [-0.25, -0.2) is 0 Å². The van der Waals surface area contributed by atoms with Crippen LogP contribution >= 0.6 is 0 Å². The molecular weight excluding hydrogens is 330 g/mol. The minimum Gasteiger partial charge on any atom is -0.487 e. The fraction of sp³-hybridized carbons (Fsp3) is 0.250. The zero-order valence-electron chi connectivity index (χ0n) is 14.2. The van der Waals surface area contributed by atoms with E-state index in [1.165, 1.54) is 5.56 Å². The van der Waals surface area contributed by atoms with Crippen LogP contribution in [0.4, 0.5) is 0 Å². The fourth-order valence-corrected chi connectivity index (χ4v) is 3.30. The minimum absolute atomic E-state index is 0.280. The lowest BCUT2D eigenvalue weighted by molar-refractivity contribution is -0.142. The van der Waals surface area contributed by atoms with Crippen LogP contribution in [0.15, 0.2) is 48.8 Å². The normalized spacial score (nSPS) is 16.1. The molecule has 0 spiro atoms. The monoisotopic (exact) mass is 349 g/mol. The fourth-order valence-electron chi connectivity index (χ4n) is 3.30. The van der Waals surface area contributed by atoms with Crippen LogP contribution in [-0.2, 0) is 24.2 Å². The predicted octanol–water partition coefficient (Wildman–Crippen LogP) is 3.24. The van der Waals surface area contributed by atoms with Gasteiger partial charge in [0.25, 0.3) is 0 Å². The quantitative estimate of drug-likeness (QED) is 0.738. The number of ether oxygens (including phenoxy) is 1. The third-order valence-electron chi connectivity index (χ3n) is 4.77. The molecule has 0 fully saturated rings. The summed E-state index contributed by atoms with van der Waals surface area (Å²) < 4.78 is 5.83. The number of benzene rings is 1. The highest BCUT2D eigenvalue weighted by Crippen LogP contribution is 2.27. The van der Waals surface area contributed by atoms with Gasteiger partial charge in [0.15, 0.2) is 0 Å². The SMILES string of the molecule is O=C(O)C1CCc2ccc(COc3ccc(-c4ccn[nH]4)nc3)cc2C1. The molecule has 6 heteroatoms. The summed E-state index contributed by atoms with van der Waals surface area (Å²) in [5, 5.41) is 16.0. The van der Waals surface area contributed by atoms with Crippen molar-refractivity contribution in [3.63, 3.8) is 0 Å². The number of hydrogen-bond acceptors (Lipinski definition) is 4. The molecule has 2 N–H and O–H groups in total. The molecule has 4 rings (SSSR count). The lowest BCUT2D eigenvalue weighted by Crippen LogP contribution is -2.22. The summed E-state index contributed by atoms with van der Waals surface area (Å²) in [7, 11) is 0. The number of nitrogens with one attached hydrogen (secondary N) is 1. The second-order valence-corrected chi connectivity index (χ2v) is 6.52. The van der Waals surface area contributed by atoms with Crippen molar-refractivity contribution in [2.75, 3.05) is 0 Å². The number of carboxylic acid groups (broad SMARTS) is 1. The predicted molar refractivity (Wildman–Crippen MR) is 95.7 cm³/mol. The van der Waals surface area contributed by atoms with Crippen LogP contribution in [0.5, 0.6) is 5.75 Å². The number of H-pyrrole nitrogens is 1. The lowest BCUT2D eigenvalue weighted by Gasteiger charge is -2.22. The van der Waals surface area contributed by atoms with E-state index in [0.717, 1.165) is 28.9 Å². The van der Waals surface area contributed by atoms with Gasteiger partial charge in [-0.05, 0) is 54.2 Å². The Morgan fingerprint density at radius 3 is 2.88 bits per heavy atom. The summed E-state index contributed by atoms with van der Waals surface area (Å²) in [5.41, 5.74) is 5.07. The summed E-state index contributed by atoms with van der Waals surface area (Å²) in [6, 6.07) is 11.8. The smallest absolute Gasteiger partial charge is 0.306 e. The van der Waals surface area contributed by atoms with Crippen molar-refractivity contribution >= 4 is 5.97 Å². The molecular formula is C20H19N3O3. The van der Waals surface area contributed by atoms with Crippen LogP contribution in [0.1, 0.15) is 23.1 Å². The van der Waals surface area contributed by atoms with Crippen LogP contribution in [0, 0.1) is 5.92 Å². The van der Waals surface area contributed by atoms with Gasteiger partial charge < -0.3 is 9.84 Å². The van der Waals surface area contributed by atoms with Crippen molar-refractivity contribution < 1.29 is 14.6 Å². The maximum atomic E-state index is 11.2. The molecule has 3 aromatic rings. The van der Waals surface area contributed by atoms with E-state index in [1.54, 1.807) is 12.4 Å². The molecule has 0 saturated heterocycles. The van der Waals surface area contributed by atoms with Crippen LogP contribution in [-0.4, -0.2) is 26.3 Å². The van der Waals surface area contributed by atoms with Gasteiger partial charge in [0.05, 0.1) is 23.5 Å². The third-order valence-corrected chi connectivity index (χ3v) is 4.77. The number of nitrogens with zero attached hydrogens (tertiary/aromatic N) is 2. The van der Waals surface area contributed by atoms with Gasteiger partial charge >= 0.3 is 5.97 Å². The molecule has 2 heterocycles. The van der Waals surface area contributed by atoms with E-state index in [-0.39, 0.29) is 5.92 Å². The van der Waals surface area contributed by atoms with E-state index in [4.69, 9.17) is 4.74 Å². The maximum absolute atomic E-state index is 11.2. The number of rotatable bonds is 5. The Labute approximate surface area is 150 Å². The van der Waals surface area contributed by atoms with E-state index in [9.17, 15) is 9.90 Å². The molecule has 1 aliphatic carbocycles. The first-order chi connectivity index (χ1) is 12.7. The Hall–Kier alpha value is -3.15. The number of hydrogen-bond donors (Lipinski definition) is 2. The van der Waals surface area contributed by atoms with Crippen molar-refractivity contribution in [2.24, 2.45) is 5.92 Å². The first-order valence-corrected chi connectivity index (χ1v) is 8.61. The average Bonchev–Trinajstić information content (AvgIpc) is 3.21. The van der Waals surface area contributed by atoms with Crippen molar-refractivity contribution in [1.82, 2.24) is 15.2 Å². The number of carbonyl (C=O) groups is 1. The largest absolute Gasteiger partial charge is 0.487 e. The molecule has 0 saturated carbocycles. The van der Waals surface area contributed by atoms with Gasteiger partial charge in [0.1, 0.15) is 12.4 Å². The molecule has 1 aromatic carbocycles. The van der Waals surface area contributed by atoms with Crippen molar-refractivity contribution in [3.05, 3.63) is 65.5 Å². The highest BCUT2D eigenvalue weighted by molar-refractivity contribution is 5.71. The van der Waals surface area contributed by atoms with E-state index in [1.807, 2.05) is 24.3 Å². The number of aromatic nitrogens is 3. The molecule has 1 aliphatic rings. The highest BCUT2D eigenvalue weighted by atomic mass is 16.5. The second kappa shape index (κ2) is 7.00. The molecule has 6 nitrogen and oxygen atoms in total. The van der Waals surface area contributed by atoms with Crippen LogP contribution in [0.3, 0.4) is 0 Å². The van der Waals surface area contributed by atoms with Gasteiger partial charge in [-0.3, -0.25) is 14.9 Å².